The zero-order valence-corrected chi connectivity index (χ0v) is 21.5. The minimum atomic E-state index is -0.145. The molecule has 2 aromatic carbocycles. The molecule has 0 bridgehead atoms. The number of rotatable bonds is 12. The molecule has 1 aliphatic heterocycles. The maximum absolute atomic E-state index is 13.1. The first-order valence-corrected chi connectivity index (χ1v) is 12.6. The van der Waals surface area contributed by atoms with Crippen LogP contribution < -0.4 is 24.3 Å². The summed E-state index contributed by atoms with van der Waals surface area (Å²) in [7, 11) is 3.26. The van der Waals surface area contributed by atoms with Crippen molar-refractivity contribution in [2.75, 3.05) is 47.1 Å². The maximum Gasteiger partial charge on any atom is 0.224 e. The van der Waals surface area contributed by atoms with Crippen molar-refractivity contribution in [1.82, 2.24) is 15.2 Å². The molecule has 2 atom stereocenters. The number of hydrogen-bond donors (Lipinski definition) is 1. The van der Waals surface area contributed by atoms with Crippen molar-refractivity contribution in [3.05, 3.63) is 78.6 Å². The van der Waals surface area contributed by atoms with E-state index in [0.717, 1.165) is 30.0 Å². The number of carbonyl (C=O) groups is 1. The number of nitrogens with one attached hydrogen (secondary N) is 1. The monoisotopic (exact) mass is 505 g/mol. The highest BCUT2D eigenvalue weighted by atomic mass is 16.5. The SMILES string of the molecule is COc1ccc(CN2C[C@@H](COc3cccnc3)C[C@@H](C(=O)NCCOc3ccccc3)C2)cc1OC. The molecule has 0 aliphatic carbocycles. The van der Waals surface area contributed by atoms with Crippen LogP contribution in [-0.2, 0) is 11.3 Å². The van der Waals surface area contributed by atoms with E-state index in [1.54, 1.807) is 26.6 Å². The van der Waals surface area contributed by atoms with Gasteiger partial charge in [0.1, 0.15) is 18.1 Å². The highest BCUT2D eigenvalue weighted by Crippen LogP contribution is 2.30. The first kappa shape index (κ1) is 26.3. The van der Waals surface area contributed by atoms with Crippen molar-refractivity contribution < 1.29 is 23.7 Å². The molecular formula is C29H35N3O5. The Morgan fingerprint density at radius 3 is 2.54 bits per heavy atom. The first-order valence-electron chi connectivity index (χ1n) is 12.6. The molecule has 3 aromatic rings. The van der Waals surface area contributed by atoms with Gasteiger partial charge in [0.15, 0.2) is 11.5 Å². The van der Waals surface area contributed by atoms with Crippen molar-refractivity contribution in [1.29, 1.82) is 0 Å². The van der Waals surface area contributed by atoms with Crippen LogP contribution in [-0.4, -0.2) is 62.9 Å². The van der Waals surface area contributed by atoms with Crippen molar-refractivity contribution >= 4 is 5.91 Å². The summed E-state index contributed by atoms with van der Waals surface area (Å²) in [6.07, 6.45) is 4.19. The molecule has 8 nitrogen and oxygen atoms in total. The first-order chi connectivity index (χ1) is 18.1. The number of hydrogen-bond acceptors (Lipinski definition) is 7. The predicted octanol–water partition coefficient (Wildman–Crippen LogP) is 3.81. The number of benzene rings is 2. The maximum atomic E-state index is 13.1. The van der Waals surface area contributed by atoms with E-state index in [2.05, 4.69) is 15.2 Å². The number of ether oxygens (including phenoxy) is 4. The minimum Gasteiger partial charge on any atom is -0.493 e. The molecular weight excluding hydrogens is 470 g/mol. The number of para-hydroxylation sites is 1. The van der Waals surface area contributed by atoms with E-state index >= 15 is 0 Å². The molecule has 1 aromatic heterocycles. The Hall–Kier alpha value is -3.78. The molecule has 1 amide bonds. The average Bonchev–Trinajstić information content (AvgIpc) is 2.95. The number of methoxy groups -OCH3 is 2. The van der Waals surface area contributed by atoms with Crippen molar-refractivity contribution in [2.24, 2.45) is 11.8 Å². The van der Waals surface area contributed by atoms with E-state index in [1.165, 1.54) is 0 Å². The number of aromatic nitrogens is 1. The summed E-state index contributed by atoms with van der Waals surface area (Å²) in [5.41, 5.74) is 1.10. The number of nitrogens with zero attached hydrogens (tertiary/aromatic N) is 2. The zero-order valence-electron chi connectivity index (χ0n) is 21.5. The zero-order chi connectivity index (χ0) is 25.9. The van der Waals surface area contributed by atoms with Gasteiger partial charge in [0.2, 0.25) is 5.91 Å². The van der Waals surface area contributed by atoms with E-state index in [0.29, 0.717) is 44.3 Å². The van der Waals surface area contributed by atoms with Gasteiger partial charge < -0.3 is 24.3 Å². The Morgan fingerprint density at radius 2 is 1.78 bits per heavy atom. The number of amides is 1. The van der Waals surface area contributed by atoms with Crippen LogP contribution in [0.15, 0.2) is 73.1 Å². The highest BCUT2D eigenvalue weighted by molar-refractivity contribution is 5.79. The molecule has 37 heavy (non-hydrogen) atoms. The quantitative estimate of drug-likeness (QED) is 0.375. The largest absolute Gasteiger partial charge is 0.493 e. The number of likely N-dealkylation sites (tertiary alicyclic amines) is 1. The van der Waals surface area contributed by atoms with Gasteiger partial charge in [0.05, 0.1) is 39.5 Å². The second-order valence-corrected chi connectivity index (χ2v) is 9.13. The lowest BCUT2D eigenvalue weighted by Gasteiger charge is -2.37. The fraction of sp³-hybridized carbons (Fsp3) is 0.379. The summed E-state index contributed by atoms with van der Waals surface area (Å²) in [5, 5.41) is 3.06. The highest BCUT2D eigenvalue weighted by Gasteiger charge is 2.32. The average molecular weight is 506 g/mol. The molecule has 0 spiro atoms. The summed E-state index contributed by atoms with van der Waals surface area (Å²) in [6.45, 7) is 3.60. The molecule has 2 heterocycles. The van der Waals surface area contributed by atoms with E-state index in [1.807, 2.05) is 60.7 Å². The van der Waals surface area contributed by atoms with Gasteiger partial charge in [-0.05, 0) is 48.4 Å². The number of carbonyl (C=O) groups excluding carboxylic acids is 1. The summed E-state index contributed by atoms with van der Waals surface area (Å²) < 4.78 is 22.6. The second-order valence-electron chi connectivity index (χ2n) is 9.13. The number of piperidine rings is 1. The van der Waals surface area contributed by atoms with Gasteiger partial charge in [-0.1, -0.05) is 24.3 Å². The summed E-state index contributed by atoms with van der Waals surface area (Å²) in [5.74, 6) is 3.02. The molecule has 4 rings (SSSR count). The Morgan fingerprint density at radius 1 is 0.973 bits per heavy atom. The summed E-state index contributed by atoms with van der Waals surface area (Å²) in [6, 6.07) is 19.3. The van der Waals surface area contributed by atoms with Gasteiger partial charge in [0, 0.05) is 31.7 Å². The lowest BCUT2D eigenvalue weighted by atomic mass is 9.88. The fourth-order valence-corrected chi connectivity index (χ4v) is 4.63. The van der Waals surface area contributed by atoms with E-state index in [4.69, 9.17) is 18.9 Å². The third-order valence-electron chi connectivity index (χ3n) is 6.37. The second kappa shape index (κ2) is 13.5. The van der Waals surface area contributed by atoms with Gasteiger partial charge in [-0.15, -0.1) is 0 Å². The molecule has 0 radical (unpaired) electrons. The van der Waals surface area contributed by atoms with Gasteiger partial charge in [0.25, 0.3) is 0 Å². The van der Waals surface area contributed by atoms with Crippen LogP contribution in [0.3, 0.4) is 0 Å². The molecule has 196 valence electrons. The molecule has 1 N–H and O–H groups in total. The third-order valence-corrected chi connectivity index (χ3v) is 6.37. The van der Waals surface area contributed by atoms with E-state index in [-0.39, 0.29) is 17.7 Å². The summed E-state index contributed by atoms with van der Waals surface area (Å²) >= 11 is 0. The van der Waals surface area contributed by atoms with Gasteiger partial charge in [-0.2, -0.15) is 0 Å². The van der Waals surface area contributed by atoms with Gasteiger partial charge in [-0.3, -0.25) is 14.7 Å². The van der Waals surface area contributed by atoms with Gasteiger partial charge >= 0.3 is 0 Å². The number of pyridine rings is 1. The Kier molecular flexibility index (Phi) is 9.60. The van der Waals surface area contributed by atoms with Crippen molar-refractivity contribution in [2.45, 2.75) is 13.0 Å². The van der Waals surface area contributed by atoms with Gasteiger partial charge in [-0.25, -0.2) is 0 Å². The van der Waals surface area contributed by atoms with E-state index in [9.17, 15) is 4.79 Å². The smallest absolute Gasteiger partial charge is 0.224 e. The fourth-order valence-electron chi connectivity index (χ4n) is 4.63. The van der Waals surface area contributed by atoms with Crippen LogP contribution in [0.4, 0.5) is 0 Å². The molecule has 1 saturated heterocycles. The topological polar surface area (TPSA) is 82.2 Å². The Labute approximate surface area is 218 Å². The van der Waals surface area contributed by atoms with E-state index < -0.39 is 0 Å². The molecule has 0 saturated carbocycles. The van der Waals surface area contributed by atoms with Crippen LogP contribution in [0.25, 0.3) is 0 Å². The molecule has 8 heteroatoms. The van der Waals surface area contributed by atoms with Crippen molar-refractivity contribution in [3.8, 4) is 23.0 Å². The standard InChI is InChI=1S/C29H35N3O5/c1-34-27-11-10-22(16-28(27)35-2)18-32-19-23(21-37-26-9-6-12-30-17-26)15-24(20-32)29(33)31-13-14-36-25-7-4-3-5-8-25/h3-12,16-17,23-24H,13-15,18-21H2,1-2H3,(H,31,33)/t23-,24+/m0/s1. The molecule has 1 aliphatic rings. The minimum absolute atomic E-state index is 0.0417. The Bertz CT molecular complexity index is 1110. The lowest BCUT2D eigenvalue weighted by molar-refractivity contribution is -0.127. The normalized spacial score (nSPS) is 17.6. The Balaban J connectivity index is 1.37. The third kappa shape index (κ3) is 7.85. The lowest BCUT2D eigenvalue weighted by Crippen LogP contribution is -2.47. The molecule has 1 fully saturated rings. The molecule has 0 unspecified atom stereocenters. The van der Waals surface area contributed by atoms with Crippen LogP contribution in [0.1, 0.15) is 12.0 Å². The van der Waals surface area contributed by atoms with Crippen LogP contribution in [0.2, 0.25) is 0 Å². The summed E-state index contributed by atoms with van der Waals surface area (Å²) in [4.78, 5) is 19.6. The van der Waals surface area contributed by atoms with Crippen LogP contribution >= 0.6 is 0 Å². The van der Waals surface area contributed by atoms with Crippen LogP contribution in [0.5, 0.6) is 23.0 Å². The van der Waals surface area contributed by atoms with Crippen molar-refractivity contribution in [3.63, 3.8) is 0 Å². The van der Waals surface area contributed by atoms with Crippen LogP contribution in [0, 0.1) is 11.8 Å². The predicted molar refractivity (Wildman–Crippen MR) is 141 cm³/mol.